The van der Waals surface area contributed by atoms with Crippen molar-refractivity contribution in [1.29, 1.82) is 0 Å². The first-order valence-electron chi connectivity index (χ1n) is 24.6. The van der Waals surface area contributed by atoms with E-state index in [1.807, 2.05) is 19.0 Å². The Hall–Kier alpha value is -1.51. The molecule has 0 aliphatic heterocycles. The molecule has 0 bridgehead atoms. The van der Waals surface area contributed by atoms with Crippen molar-refractivity contribution in [3.05, 3.63) is 24.3 Å². The fraction of sp³-hybridized carbons (Fsp3) is 0.878. The molecule has 0 spiro atoms. The van der Waals surface area contributed by atoms with Gasteiger partial charge in [-0.15, -0.1) is 0 Å². The highest BCUT2D eigenvalue weighted by Crippen LogP contribution is 2.43. The number of carbonyl (C=O) groups excluding carboxylic acids is 2. The van der Waals surface area contributed by atoms with Crippen molar-refractivity contribution in [1.82, 2.24) is 4.90 Å². The molecule has 0 radical (unpaired) electrons. The number of rotatable bonds is 46. The fourth-order valence-electron chi connectivity index (χ4n) is 6.91. The number of carbonyl (C=O) groups is 2. The second-order valence-electron chi connectivity index (χ2n) is 17.0. The van der Waals surface area contributed by atoms with Crippen molar-refractivity contribution in [3.63, 3.8) is 0 Å². The summed E-state index contributed by atoms with van der Waals surface area (Å²) in [4.78, 5) is 37.2. The van der Waals surface area contributed by atoms with Gasteiger partial charge in [-0.25, -0.2) is 4.57 Å². The van der Waals surface area contributed by atoms with Crippen molar-refractivity contribution < 1.29 is 37.6 Å². The summed E-state index contributed by atoms with van der Waals surface area (Å²) in [6.45, 7) is 4.34. The van der Waals surface area contributed by atoms with Crippen LogP contribution in [0.15, 0.2) is 24.3 Å². The lowest BCUT2D eigenvalue weighted by Gasteiger charge is -2.20. The van der Waals surface area contributed by atoms with Crippen LogP contribution in [-0.2, 0) is 32.7 Å². The Morgan fingerprint density at radius 2 is 0.864 bits per heavy atom. The second-order valence-corrected chi connectivity index (χ2v) is 18.4. The zero-order valence-corrected chi connectivity index (χ0v) is 39.9. The Bertz CT molecular complexity index is 1040. The summed E-state index contributed by atoms with van der Waals surface area (Å²) in [5.74, 6) is -0.801. The average molecular weight is 856 g/mol. The molecule has 9 nitrogen and oxygen atoms in total. The van der Waals surface area contributed by atoms with E-state index in [1.165, 1.54) is 161 Å². The van der Waals surface area contributed by atoms with Crippen LogP contribution in [0.2, 0.25) is 0 Å². The Morgan fingerprint density at radius 3 is 1.25 bits per heavy atom. The first-order valence-corrected chi connectivity index (χ1v) is 26.1. The van der Waals surface area contributed by atoms with Crippen LogP contribution in [0.4, 0.5) is 0 Å². The van der Waals surface area contributed by atoms with Gasteiger partial charge in [-0.3, -0.25) is 18.6 Å². The fourth-order valence-corrected chi connectivity index (χ4v) is 7.65. The Labute approximate surface area is 364 Å². The highest BCUT2D eigenvalue weighted by atomic mass is 31.2. The van der Waals surface area contributed by atoms with Crippen LogP contribution in [0.5, 0.6) is 0 Å². The highest BCUT2D eigenvalue weighted by molar-refractivity contribution is 7.47. The van der Waals surface area contributed by atoms with Crippen molar-refractivity contribution >= 4 is 19.8 Å². The second kappa shape index (κ2) is 44.5. The molecule has 10 heteroatoms. The van der Waals surface area contributed by atoms with E-state index < -0.39 is 26.5 Å². The van der Waals surface area contributed by atoms with E-state index >= 15 is 0 Å². The molecule has 0 aromatic carbocycles. The molecule has 2 atom stereocenters. The van der Waals surface area contributed by atoms with E-state index in [0.29, 0.717) is 13.0 Å². The summed E-state index contributed by atoms with van der Waals surface area (Å²) in [7, 11) is -0.709. The minimum atomic E-state index is -4.36. The third kappa shape index (κ3) is 45.8. The van der Waals surface area contributed by atoms with Crippen LogP contribution in [0.25, 0.3) is 0 Å². The van der Waals surface area contributed by atoms with Crippen molar-refractivity contribution in [2.24, 2.45) is 0 Å². The third-order valence-electron chi connectivity index (χ3n) is 10.7. The summed E-state index contributed by atoms with van der Waals surface area (Å²) in [6, 6.07) is 0. The Balaban J connectivity index is 4.20. The summed E-state index contributed by atoms with van der Waals surface area (Å²) >= 11 is 0. The number of allylic oxidation sites excluding steroid dienone is 4. The Morgan fingerprint density at radius 1 is 0.508 bits per heavy atom. The van der Waals surface area contributed by atoms with Crippen LogP contribution >= 0.6 is 7.82 Å². The van der Waals surface area contributed by atoms with E-state index in [2.05, 4.69) is 38.2 Å². The number of hydrogen-bond donors (Lipinski definition) is 1. The number of likely N-dealkylation sites (N-methyl/N-ethyl adjacent to an activating group) is 1. The SMILES string of the molecule is CCCCCCCC/C=C\CCCCCCCCCCCC(=O)OC(COC(=O)CCCCCCCCC/C=C\CCCCCCCC)COP(=O)(O)OCCN(C)C. The van der Waals surface area contributed by atoms with Gasteiger partial charge in [-0.05, 0) is 78.3 Å². The van der Waals surface area contributed by atoms with Crippen LogP contribution in [0, 0.1) is 0 Å². The molecule has 0 heterocycles. The molecule has 0 aromatic heterocycles. The highest BCUT2D eigenvalue weighted by Gasteiger charge is 2.26. The van der Waals surface area contributed by atoms with Crippen LogP contribution in [0.3, 0.4) is 0 Å². The zero-order valence-electron chi connectivity index (χ0n) is 39.0. The molecule has 1 N–H and O–H groups in total. The first kappa shape index (κ1) is 57.5. The molecule has 0 fully saturated rings. The van der Waals surface area contributed by atoms with Gasteiger partial charge in [0.05, 0.1) is 13.2 Å². The molecule has 0 aliphatic carbocycles. The summed E-state index contributed by atoms with van der Waals surface area (Å²) in [6.07, 6.45) is 47.9. The molecule has 0 saturated heterocycles. The standard InChI is InChI=1S/C49H94NO8P/c1-5-7-9-11-13-15-17-19-21-23-24-26-28-30-32-34-36-38-40-42-49(52)58-47(46-57-59(53,54)56-44-43-50(3)4)45-55-48(51)41-39-37-35-33-31-29-27-25-22-20-18-16-14-12-10-8-6-2/h19-22,47H,5-18,23-46H2,1-4H3,(H,53,54)/b21-19-,22-20-. The zero-order chi connectivity index (χ0) is 43.3. The van der Waals surface area contributed by atoms with Gasteiger partial charge in [0.25, 0.3) is 0 Å². The van der Waals surface area contributed by atoms with E-state index in [9.17, 15) is 19.0 Å². The minimum absolute atomic E-state index is 0.00785. The lowest BCUT2D eigenvalue weighted by Crippen LogP contribution is -2.29. The van der Waals surface area contributed by atoms with E-state index in [-0.39, 0.29) is 32.0 Å². The molecular weight excluding hydrogens is 762 g/mol. The number of phosphoric ester groups is 1. The normalized spacial score (nSPS) is 13.5. The van der Waals surface area contributed by atoms with Gasteiger partial charge in [-0.2, -0.15) is 0 Å². The van der Waals surface area contributed by atoms with E-state index in [1.54, 1.807) is 0 Å². The maximum atomic E-state index is 12.7. The summed E-state index contributed by atoms with van der Waals surface area (Å²) < 4.78 is 33.6. The molecule has 0 aromatic rings. The molecule has 0 amide bonds. The minimum Gasteiger partial charge on any atom is -0.462 e. The van der Waals surface area contributed by atoms with Gasteiger partial charge in [0.2, 0.25) is 0 Å². The molecule has 2 unspecified atom stereocenters. The van der Waals surface area contributed by atoms with Gasteiger partial charge >= 0.3 is 19.8 Å². The van der Waals surface area contributed by atoms with Crippen LogP contribution in [-0.4, -0.2) is 68.3 Å². The summed E-state index contributed by atoms with van der Waals surface area (Å²) in [5, 5.41) is 0. The van der Waals surface area contributed by atoms with Crippen LogP contribution in [0.1, 0.15) is 232 Å². The van der Waals surface area contributed by atoms with Crippen molar-refractivity contribution in [2.75, 3.05) is 40.5 Å². The molecular formula is C49H94NO8P. The molecule has 348 valence electrons. The number of ether oxygens (including phenoxy) is 2. The van der Waals surface area contributed by atoms with Gasteiger partial charge in [0.1, 0.15) is 6.61 Å². The van der Waals surface area contributed by atoms with Gasteiger partial charge < -0.3 is 19.3 Å². The quantitative estimate of drug-likeness (QED) is 0.0277. The lowest BCUT2D eigenvalue weighted by atomic mass is 10.1. The molecule has 0 aliphatic rings. The smallest absolute Gasteiger partial charge is 0.462 e. The van der Waals surface area contributed by atoms with Gasteiger partial charge in [0, 0.05) is 19.4 Å². The lowest BCUT2D eigenvalue weighted by molar-refractivity contribution is -0.161. The summed E-state index contributed by atoms with van der Waals surface area (Å²) in [5.41, 5.74) is 0. The Kier molecular flexibility index (Phi) is 43.4. The van der Waals surface area contributed by atoms with E-state index in [0.717, 1.165) is 38.5 Å². The molecule has 0 saturated carbocycles. The monoisotopic (exact) mass is 856 g/mol. The number of hydrogen-bond acceptors (Lipinski definition) is 8. The predicted octanol–water partition coefficient (Wildman–Crippen LogP) is 14.6. The third-order valence-corrected chi connectivity index (χ3v) is 11.7. The van der Waals surface area contributed by atoms with Crippen LogP contribution < -0.4 is 0 Å². The largest absolute Gasteiger partial charge is 0.472 e. The van der Waals surface area contributed by atoms with Gasteiger partial charge in [0.15, 0.2) is 6.10 Å². The topological polar surface area (TPSA) is 112 Å². The number of phosphoric acid groups is 1. The predicted molar refractivity (Wildman–Crippen MR) is 248 cm³/mol. The number of nitrogens with zero attached hydrogens (tertiary/aromatic N) is 1. The number of esters is 2. The first-order chi connectivity index (χ1) is 28.7. The molecule has 0 rings (SSSR count). The maximum Gasteiger partial charge on any atom is 0.472 e. The van der Waals surface area contributed by atoms with Gasteiger partial charge in [-0.1, -0.05) is 179 Å². The average Bonchev–Trinajstić information content (AvgIpc) is 3.20. The van der Waals surface area contributed by atoms with E-state index in [4.69, 9.17) is 18.5 Å². The van der Waals surface area contributed by atoms with Crippen molar-refractivity contribution in [2.45, 2.75) is 238 Å². The van der Waals surface area contributed by atoms with Crippen molar-refractivity contribution in [3.8, 4) is 0 Å². The number of unbranched alkanes of at least 4 members (excludes halogenated alkanes) is 28. The molecule has 59 heavy (non-hydrogen) atoms. The maximum absolute atomic E-state index is 12.7.